The van der Waals surface area contributed by atoms with Crippen molar-refractivity contribution < 1.29 is 9.47 Å². The molecule has 0 amide bonds. The second-order valence-electron chi connectivity index (χ2n) is 6.05. The Labute approximate surface area is 142 Å². The molecule has 0 saturated carbocycles. The van der Waals surface area contributed by atoms with E-state index in [1.54, 1.807) is 7.11 Å². The van der Waals surface area contributed by atoms with Crippen LogP contribution in [0, 0.1) is 6.92 Å². The number of hydrogen-bond donors (Lipinski definition) is 0. The molecule has 0 bridgehead atoms. The summed E-state index contributed by atoms with van der Waals surface area (Å²) in [6, 6.07) is 11.8. The number of ether oxygens (including phenoxy) is 2. The molecule has 126 valence electrons. The Bertz CT molecular complexity index is 840. The largest absolute Gasteiger partial charge is 0.496 e. The van der Waals surface area contributed by atoms with E-state index in [-0.39, 0.29) is 0 Å². The smallest absolute Gasteiger partial charge is 0.180 e. The molecule has 0 aliphatic rings. The maximum Gasteiger partial charge on any atom is 0.180 e. The second kappa shape index (κ2) is 6.93. The quantitative estimate of drug-likeness (QED) is 0.697. The predicted molar refractivity (Wildman–Crippen MR) is 94.6 cm³/mol. The van der Waals surface area contributed by atoms with Crippen molar-refractivity contribution in [2.75, 3.05) is 21.2 Å². The van der Waals surface area contributed by atoms with Gasteiger partial charge in [-0.25, -0.2) is 4.98 Å². The molecule has 0 saturated heterocycles. The van der Waals surface area contributed by atoms with Crippen LogP contribution < -0.4 is 9.47 Å². The third-order valence-electron chi connectivity index (χ3n) is 3.96. The third kappa shape index (κ3) is 3.21. The Balaban J connectivity index is 1.90. The average Bonchev–Trinajstić information content (AvgIpc) is 2.89. The van der Waals surface area contributed by atoms with E-state index in [1.807, 2.05) is 49.5 Å². The van der Waals surface area contributed by atoms with Crippen molar-refractivity contribution in [3.63, 3.8) is 0 Å². The lowest BCUT2D eigenvalue weighted by Gasteiger charge is -2.12. The highest BCUT2D eigenvalue weighted by molar-refractivity contribution is 5.56. The van der Waals surface area contributed by atoms with Crippen LogP contribution in [0.4, 0.5) is 0 Å². The standard InChI is InChI=1S/C19H23N3O2/c1-14-16(12-21(2)3)22-11-7-10-18(19(22)20-14)24-13-15-8-5-6-9-17(15)23-4/h5-11H,12-13H2,1-4H3. The molecule has 0 aliphatic carbocycles. The molecule has 2 heterocycles. The van der Waals surface area contributed by atoms with Crippen molar-refractivity contribution in [2.45, 2.75) is 20.1 Å². The summed E-state index contributed by atoms with van der Waals surface area (Å²) in [6.45, 7) is 3.32. The molecule has 1 aromatic carbocycles. The van der Waals surface area contributed by atoms with Gasteiger partial charge in [0.05, 0.1) is 18.5 Å². The third-order valence-corrected chi connectivity index (χ3v) is 3.96. The lowest BCUT2D eigenvalue weighted by Crippen LogP contribution is -2.13. The van der Waals surface area contributed by atoms with Crippen LogP contribution in [0.15, 0.2) is 42.6 Å². The molecule has 5 heteroatoms. The molecule has 2 aromatic heterocycles. The zero-order chi connectivity index (χ0) is 17.1. The fourth-order valence-electron chi connectivity index (χ4n) is 2.79. The van der Waals surface area contributed by atoms with Crippen LogP contribution in [-0.2, 0) is 13.2 Å². The monoisotopic (exact) mass is 325 g/mol. The van der Waals surface area contributed by atoms with Crippen LogP contribution in [0.1, 0.15) is 17.0 Å². The number of aryl methyl sites for hydroxylation is 1. The summed E-state index contributed by atoms with van der Waals surface area (Å²) in [7, 11) is 5.78. The number of pyridine rings is 1. The van der Waals surface area contributed by atoms with Gasteiger partial charge in [0.25, 0.3) is 0 Å². The van der Waals surface area contributed by atoms with E-state index < -0.39 is 0 Å². The summed E-state index contributed by atoms with van der Waals surface area (Å²) >= 11 is 0. The van der Waals surface area contributed by atoms with Crippen LogP contribution >= 0.6 is 0 Å². The minimum Gasteiger partial charge on any atom is -0.496 e. The molecule has 0 atom stereocenters. The summed E-state index contributed by atoms with van der Waals surface area (Å²) in [4.78, 5) is 6.84. The molecule has 3 rings (SSSR count). The molecule has 0 N–H and O–H groups in total. The molecule has 0 fully saturated rings. The van der Waals surface area contributed by atoms with Gasteiger partial charge in [-0.05, 0) is 39.2 Å². The summed E-state index contributed by atoms with van der Waals surface area (Å²) in [5, 5.41) is 0. The fourth-order valence-corrected chi connectivity index (χ4v) is 2.79. The molecule has 5 nitrogen and oxygen atoms in total. The number of fused-ring (bicyclic) bond motifs is 1. The van der Waals surface area contributed by atoms with Crippen LogP contribution in [0.3, 0.4) is 0 Å². The topological polar surface area (TPSA) is 39.0 Å². The van der Waals surface area contributed by atoms with Gasteiger partial charge in [0.2, 0.25) is 0 Å². The lowest BCUT2D eigenvalue weighted by molar-refractivity contribution is 0.298. The van der Waals surface area contributed by atoms with E-state index in [0.717, 1.165) is 34.9 Å². The number of benzene rings is 1. The predicted octanol–water partition coefficient (Wildman–Crippen LogP) is 3.29. The maximum atomic E-state index is 6.04. The molecule has 0 unspecified atom stereocenters. The van der Waals surface area contributed by atoms with Gasteiger partial charge in [-0.15, -0.1) is 0 Å². The number of nitrogens with zero attached hydrogens (tertiary/aromatic N) is 3. The summed E-state index contributed by atoms with van der Waals surface area (Å²) < 4.78 is 13.5. The number of rotatable bonds is 6. The molecule has 0 radical (unpaired) electrons. The van der Waals surface area contributed by atoms with Crippen molar-refractivity contribution >= 4 is 5.65 Å². The van der Waals surface area contributed by atoms with E-state index in [0.29, 0.717) is 6.61 Å². The zero-order valence-electron chi connectivity index (χ0n) is 14.6. The van der Waals surface area contributed by atoms with Crippen molar-refractivity contribution in [3.05, 3.63) is 59.5 Å². The molecule has 0 spiro atoms. The van der Waals surface area contributed by atoms with Gasteiger partial charge in [-0.3, -0.25) is 4.40 Å². The van der Waals surface area contributed by atoms with Crippen molar-refractivity contribution in [3.8, 4) is 11.5 Å². The molecule has 24 heavy (non-hydrogen) atoms. The van der Waals surface area contributed by atoms with Gasteiger partial charge < -0.3 is 14.4 Å². The number of aromatic nitrogens is 2. The van der Waals surface area contributed by atoms with Gasteiger partial charge in [0.1, 0.15) is 12.4 Å². The summed E-state index contributed by atoms with van der Waals surface area (Å²) in [5.41, 5.74) is 4.07. The van der Waals surface area contributed by atoms with E-state index >= 15 is 0 Å². The first-order valence-electron chi connectivity index (χ1n) is 7.96. The highest BCUT2D eigenvalue weighted by Crippen LogP contribution is 2.25. The Morgan fingerprint density at radius 2 is 1.83 bits per heavy atom. The average molecular weight is 325 g/mol. The van der Waals surface area contributed by atoms with Gasteiger partial charge in [-0.2, -0.15) is 0 Å². The number of imidazole rings is 1. The zero-order valence-corrected chi connectivity index (χ0v) is 14.6. The van der Waals surface area contributed by atoms with Crippen molar-refractivity contribution in [2.24, 2.45) is 0 Å². The summed E-state index contributed by atoms with van der Waals surface area (Å²) in [5.74, 6) is 1.61. The lowest BCUT2D eigenvalue weighted by atomic mass is 10.2. The minimum atomic E-state index is 0.443. The van der Waals surface area contributed by atoms with E-state index in [4.69, 9.17) is 14.5 Å². The molecular weight excluding hydrogens is 302 g/mol. The Morgan fingerprint density at radius 1 is 1.08 bits per heavy atom. The van der Waals surface area contributed by atoms with Crippen molar-refractivity contribution in [1.82, 2.24) is 14.3 Å². The first kappa shape index (κ1) is 16.3. The number of hydrogen-bond acceptors (Lipinski definition) is 4. The Kier molecular flexibility index (Phi) is 4.71. The van der Waals surface area contributed by atoms with E-state index in [9.17, 15) is 0 Å². The fraction of sp³-hybridized carbons (Fsp3) is 0.316. The van der Waals surface area contributed by atoms with Gasteiger partial charge in [-0.1, -0.05) is 18.2 Å². The Morgan fingerprint density at radius 3 is 2.58 bits per heavy atom. The van der Waals surface area contributed by atoms with Crippen LogP contribution in [0.25, 0.3) is 5.65 Å². The van der Waals surface area contributed by atoms with Crippen LogP contribution in [-0.4, -0.2) is 35.5 Å². The maximum absolute atomic E-state index is 6.04. The highest BCUT2D eigenvalue weighted by atomic mass is 16.5. The number of para-hydroxylation sites is 1. The highest BCUT2D eigenvalue weighted by Gasteiger charge is 2.13. The van der Waals surface area contributed by atoms with Crippen molar-refractivity contribution in [1.29, 1.82) is 0 Å². The van der Waals surface area contributed by atoms with E-state index in [1.165, 1.54) is 5.69 Å². The SMILES string of the molecule is COc1ccccc1COc1cccn2c(CN(C)C)c(C)nc12. The molecule has 3 aromatic rings. The Hall–Kier alpha value is -2.53. The number of methoxy groups -OCH3 is 1. The van der Waals surface area contributed by atoms with Gasteiger partial charge in [0, 0.05) is 18.3 Å². The van der Waals surface area contributed by atoms with Gasteiger partial charge in [0.15, 0.2) is 11.4 Å². The van der Waals surface area contributed by atoms with Crippen LogP contribution in [0.5, 0.6) is 11.5 Å². The van der Waals surface area contributed by atoms with E-state index in [2.05, 4.69) is 23.4 Å². The first-order valence-corrected chi connectivity index (χ1v) is 7.96. The first-order chi connectivity index (χ1) is 11.6. The summed E-state index contributed by atoms with van der Waals surface area (Å²) in [6.07, 6.45) is 2.03. The normalized spacial score (nSPS) is 11.2. The molecular formula is C19H23N3O2. The minimum absolute atomic E-state index is 0.443. The molecule has 0 aliphatic heterocycles. The van der Waals surface area contributed by atoms with Gasteiger partial charge >= 0.3 is 0 Å². The second-order valence-corrected chi connectivity index (χ2v) is 6.05. The van der Waals surface area contributed by atoms with Crippen LogP contribution in [0.2, 0.25) is 0 Å².